The van der Waals surface area contributed by atoms with E-state index in [0.29, 0.717) is 39.0 Å². The van der Waals surface area contributed by atoms with E-state index >= 15 is 0 Å². The second-order valence-electron chi connectivity index (χ2n) is 8.68. The molecule has 0 bridgehead atoms. The number of carbonyl (C=O) groups excluding carboxylic acids is 2. The summed E-state index contributed by atoms with van der Waals surface area (Å²) in [6.07, 6.45) is 2.71. The first kappa shape index (κ1) is 22.1. The summed E-state index contributed by atoms with van der Waals surface area (Å²) in [5, 5.41) is 4.27. The zero-order valence-electron chi connectivity index (χ0n) is 19.1. The summed E-state index contributed by atoms with van der Waals surface area (Å²) in [6, 6.07) is 16.9. The van der Waals surface area contributed by atoms with E-state index in [1.54, 1.807) is 13.2 Å². The van der Waals surface area contributed by atoms with Gasteiger partial charge in [0.1, 0.15) is 10.8 Å². The van der Waals surface area contributed by atoms with Crippen LogP contribution in [0.4, 0.5) is 5.00 Å². The molecule has 0 saturated carbocycles. The highest BCUT2D eigenvalue weighted by molar-refractivity contribution is 7.17. The molecule has 1 atom stereocenters. The summed E-state index contributed by atoms with van der Waals surface area (Å²) in [6.45, 7) is 2.20. The largest absolute Gasteiger partial charge is 0.497 e. The van der Waals surface area contributed by atoms with E-state index in [2.05, 4.69) is 12.2 Å². The van der Waals surface area contributed by atoms with Crippen molar-refractivity contribution < 1.29 is 14.3 Å². The van der Waals surface area contributed by atoms with Crippen molar-refractivity contribution in [3.8, 4) is 17.0 Å². The summed E-state index contributed by atoms with van der Waals surface area (Å²) in [5.74, 6) is 0.462. The maximum absolute atomic E-state index is 13.6. The highest BCUT2D eigenvalue weighted by atomic mass is 32.1. The fraction of sp³-hybridized carbons (Fsp3) is 0.222. The number of methoxy groups -OCH3 is 1. The molecule has 2 aromatic carbocycles. The number of para-hydroxylation sites is 1. The fourth-order valence-corrected chi connectivity index (χ4v) is 5.97. The van der Waals surface area contributed by atoms with Gasteiger partial charge >= 0.3 is 0 Å². The molecule has 2 amide bonds. The van der Waals surface area contributed by atoms with Crippen molar-refractivity contribution in [2.45, 2.75) is 26.2 Å². The molecule has 0 saturated heterocycles. The van der Waals surface area contributed by atoms with Crippen LogP contribution in [0.2, 0.25) is 0 Å². The quantitative estimate of drug-likeness (QED) is 0.405. The molecule has 5 rings (SSSR count). The molecule has 2 heterocycles. The number of rotatable bonds is 5. The van der Waals surface area contributed by atoms with Crippen LogP contribution in [0.25, 0.3) is 22.2 Å². The first-order valence-electron chi connectivity index (χ1n) is 11.2. The van der Waals surface area contributed by atoms with Gasteiger partial charge in [-0.3, -0.25) is 9.59 Å². The van der Waals surface area contributed by atoms with E-state index in [4.69, 9.17) is 15.5 Å². The first-order valence-corrected chi connectivity index (χ1v) is 12.1. The first-order chi connectivity index (χ1) is 16.4. The number of ether oxygens (including phenoxy) is 1. The van der Waals surface area contributed by atoms with Gasteiger partial charge in [-0.25, -0.2) is 4.98 Å². The number of thiophene rings is 1. The molecule has 0 fully saturated rings. The van der Waals surface area contributed by atoms with Crippen molar-refractivity contribution in [1.29, 1.82) is 0 Å². The number of anilines is 1. The average molecular weight is 472 g/mol. The molecule has 0 radical (unpaired) electrons. The molecule has 4 aromatic rings. The lowest BCUT2D eigenvalue weighted by molar-refractivity contribution is 0.1000. The number of nitrogens with one attached hydrogen (secondary N) is 1. The number of benzene rings is 2. The Labute approximate surface area is 201 Å². The molecule has 0 spiro atoms. The van der Waals surface area contributed by atoms with Crippen LogP contribution in [0.5, 0.6) is 5.75 Å². The van der Waals surface area contributed by atoms with E-state index in [-0.39, 0.29) is 5.91 Å². The Bertz CT molecular complexity index is 1430. The van der Waals surface area contributed by atoms with Crippen molar-refractivity contribution in [2.24, 2.45) is 11.7 Å². The molecule has 34 heavy (non-hydrogen) atoms. The Morgan fingerprint density at radius 2 is 1.97 bits per heavy atom. The molecule has 6 nitrogen and oxygen atoms in total. The zero-order chi connectivity index (χ0) is 23.8. The number of aromatic nitrogens is 1. The number of nitrogens with zero attached hydrogens (tertiary/aromatic N) is 1. The van der Waals surface area contributed by atoms with E-state index in [1.807, 2.05) is 48.5 Å². The minimum atomic E-state index is -0.501. The standard InChI is InChI=1S/C27H25N3O3S/c1-15-10-11-19-23(12-15)34-27(24(19)25(28)31)30-26(32)20-14-22(16-6-5-7-17(13-16)33-2)29-21-9-4-3-8-18(20)21/h3-9,13-15H,10-12H2,1-2H3,(H2,28,31)(H,30,32)/t15-/m1/s1. The van der Waals surface area contributed by atoms with Crippen LogP contribution in [0, 0.1) is 5.92 Å². The number of primary amides is 1. The van der Waals surface area contributed by atoms with Gasteiger partial charge in [0.2, 0.25) is 0 Å². The number of hydrogen-bond acceptors (Lipinski definition) is 5. The van der Waals surface area contributed by atoms with Gasteiger partial charge in [0.25, 0.3) is 11.8 Å². The number of pyridine rings is 1. The van der Waals surface area contributed by atoms with Crippen LogP contribution < -0.4 is 15.8 Å². The summed E-state index contributed by atoms with van der Waals surface area (Å²) in [7, 11) is 1.61. The van der Waals surface area contributed by atoms with Crippen molar-refractivity contribution in [2.75, 3.05) is 12.4 Å². The van der Waals surface area contributed by atoms with Crippen LogP contribution >= 0.6 is 11.3 Å². The average Bonchev–Trinajstić information content (AvgIpc) is 3.20. The summed E-state index contributed by atoms with van der Waals surface area (Å²) in [5.41, 5.74) is 9.89. The Hall–Kier alpha value is -3.71. The Morgan fingerprint density at radius 1 is 1.15 bits per heavy atom. The molecule has 172 valence electrons. The lowest BCUT2D eigenvalue weighted by atomic mass is 9.88. The lowest BCUT2D eigenvalue weighted by Crippen LogP contribution is -2.19. The molecular weight excluding hydrogens is 446 g/mol. The van der Waals surface area contributed by atoms with Gasteiger partial charge in [0.15, 0.2) is 0 Å². The fourth-order valence-electron chi connectivity index (χ4n) is 4.56. The van der Waals surface area contributed by atoms with Gasteiger partial charge in [-0.15, -0.1) is 11.3 Å². The van der Waals surface area contributed by atoms with E-state index in [0.717, 1.165) is 40.7 Å². The molecule has 1 aliphatic rings. The normalized spacial score (nSPS) is 15.1. The number of nitrogens with two attached hydrogens (primary N) is 1. The molecule has 0 unspecified atom stereocenters. The highest BCUT2D eigenvalue weighted by Gasteiger charge is 2.28. The highest BCUT2D eigenvalue weighted by Crippen LogP contribution is 2.40. The van der Waals surface area contributed by atoms with Crippen LogP contribution in [0.3, 0.4) is 0 Å². The van der Waals surface area contributed by atoms with Crippen LogP contribution in [-0.2, 0) is 12.8 Å². The van der Waals surface area contributed by atoms with Crippen molar-refractivity contribution in [1.82, 2.24) is 4.98 Å². The summed E-state index contributed by atoms with van der Waals surface area (Å²) in [4.78, 5) is 31.8. The SMILES string of the molecule is COc1cccc(-c2cc(C(=O)Nc3sc4c(c3C(N)=O)CC[C@@H](C)C4)c3ccccc3n2)c1. The Kier molecular flexibility index (Phi) is 5.79. The van der Waals surface area contributed by atoms with Crippen LogP contribution in [0.15, 0.2) is 54.6 Å². The maximum Gasteiger partial charge on any atom is 0.257 e. The molecule has 7 heteroatoms. The third kappa shape index (κ3) is 4.03. The van der Waals surface area contributed by atoms with Gasteiger partial charge < -0.3 is 15.8 Å². The smallest absolute Gasteiger partial charge is 0.257 e. The maximum atomic E-state index is 13.6. The van der Waals surface area contributed by atoms with Gasteiger partial charge in [-0.1, -0.05) is 37.3 Å². The van der Waals surface area contributed by atoms with Crippen molar-refractivity contribution >= 4 is 39.1 Å². The van der Waals surface area contributed by atoms with Crippen LogP contribution in [0.1, 0.15) is 44.5 Å². The lowest BCUT2D eigenvalue weighted by Gasteiger charge is -2.18. The molecule has 2 aromatic heterocycles. The van der Waals surface area contributed by atoms with Gasteiger partial charge in [0, 0.05) is 15.8 Å². The Morgan fingerprint density at radius 3 is 2.76 bits per heavy atom. The molecular formula is C27H25N3O3S. The van der Waals surface area contributed by atoms with E-state index < -0.39 is 5.91 Å². The van der Waals surface area contributed by atoms with Crippen molar-refractivity contribution in [3.05, 3.63) is 76.2 Å². The monoisotopic (exact) mass is 471 g/mol. The molecule has 0 aliphatic heterocycles. The predicted molar refractivity (Wildman–Crippen MR) is 136 cm³/mol. The van der Waals surface area contributed by atoms with E-state index in [9.17, 15) is 9.59 Å². The Balaban J connectivity index is 1.58. The topological polar surface area (TPSA) is 94.3 Å². The molecule has 3 N–H and O–H groups in total. The third-order valence-corrected chi connectivity index (χ3v) is 7.48. The second-order valence-corrected chi connectivity index (χ2v) is 9.78. The number of amides is 2. The number of fused-ring (bicyclic) bond motifs is 2. The molecule has 1 aliphatic carbocycles. The minimum Gasteiger partial charge on any atom is -0.497 e. The second kappa shape index (κ2) is 8.91. The number of carbonyl (C=O) groups is 2. The minimum absolute atomic E-state index is 0.295. The van der Waals surface area contributed by atoms with Gasteiger partial charge in [-0.05, 0) is 55.0 Å². The predicted octanol–water partition coefficient (Wildman–Crippen LogP) is 5.45. The van der Waals surface area contributed by atoms with Crippen molar-refractivity contribution in [3.63, 3.8) is 0 Å². The van der Waals surface area contributed by atoms with Gasteiger partial charge in [0.05, 0.1) is 29.4 Å². The zero-order valence-corrected chi connectivity index (χ0v) is 19.9. The summed E-state index contributed by atoms with van der Waals surface area (Å²) >= 11 is 1.46. The van der Waals surface area contributed by atoms with Gasteiger partial charge in [-0.2, -0.15) is 0 Å². The van der Waals surface area contributed by atoms with Crippen LogP contribution in [-0.4, -0.2) is 23.9 Å². The van der Waals surface area contributed by atoms with E-state index in [1.165, 1.54) is 11.3 Å². The third-order valence-electron chi connectivity index (χ3n) is 6.31. The summed E-state index contributed by atoms with van der Waals surface area (Å²) < 4.78 is 5.35. The number of hydrogen-bond donors (Lipinski definition) is 2.